The molecule has 4 heteroatoms. The topological polar surface area (TPSA) is 47.0 Å². The van der Waals surface area contributed by atoms with Crippen LogP contribution in [0.2, 0.25) is 0 Å². The predicted molar refractivity (Wildman–Crippen MR) is 70.7 cm³/mol. The Bertz CT molecular complexity index is 400. The van der Waals surface area contributed by atoms with Gasteiger partial charge in [0.25, 0.3) is 0 Å². The van der Waals surface area contributed by atoms with Crippen molar-refractivity contribution in [2.45, 2.75) is 57.1 Å². The molecule has 2 unspecified atom stereocenters. The summed E-state index contributed by atoms with van der Waals surface area (Å²) in [7, 11) is 0. The fraction of sp³-hybridized carbons (Fsp3) is 0.714. The monoisotopic (exact) mass is 247 g/mol. The molecule has 0 radical (unpaired) electrons. The average molecular weight is 247 g/mol. The van der Waals surface area contributed by atoms with Crippen molar-refractivity contribution in [2.24, 2.45) is 0 Å². The van der Waals surface area contributed by atoms with E-state index in [9.17, 15) is 0 Å². The van der Waals surface area contributed by atoms with Crippen molar-refractivity contribution in [1.29, 1.82) is 0 Å². The van der Waals surface area contributed by atoms with Gasteiger partial charge in [0, 0.05) is 18.7 Å². The van der Waals surface area contributed by atoms with E-state index in [1.165, 1.54) is 19.3 Å². The van der Waals surface area contributed by atoms with Crippen LogP contribution in [0.15, 0.2) is 12.3 Å². The molecule has 2 aliphatic rings. The zero-order valence-corrected chi connectivity index (χ0v) is 10.9. The molecule has 18 heavy (non-hydrogen) atoms. The largest absolute Gasteiger partial charge is 0.376 e. The van der Waals surface area contributed by atoms with Crippen LogP contribution in [0.3, 0.4) is 0 Å². The van der Waals surface area contributed by atoms with Gasteiger partial charge in [-0.25, -0.2) is 9.97 Å². The van der Waals surface area contributed by atoms with Crippen LogP contribution in [-0.4, -0.2) is 28.7 Å². The van der Waals surface area contributed by atoms with Gasteiger partial charge in [-0.05, 0) is 38.2 Å². The van der Waals surface area contributed by atoms with Gasteiger partial charge in [0.1, 0.15) is 11.6 Å². The molecule has 1 aromatic rings. The number of nitrogens with zero attached hydrogens (tertiary/aromatic N) is 2. The highest BCUT2D eigenvalue weighted by Gasteiger charge is 2.28. The van der Waals surface area contributed by atoms with Crippen LogP contribution < -0.4 is 5.32 Å². The third kappa shape index (κ3) is 2.64. The van der Waals surface area contributed by atoms with E-state index in [4.69, 9.17) is 4.74 Å². The van der Waals surface area contributed by atoms with Gasteiger partial charge in [0.2, 0.25) is 0 Å². The normalized spacial score (nSPS) is 25.1. The van der Waals surface area contributed by atoms with Gasteiger partial charge in [-0.1, -0.05) is 6.92 Å². The van der Waals surface area contributed by atoms with Crippen LogP contribution in [0.5, 0.6) is 0 Å². The second-order valence-electron chi connectivity index (χ2n) is 5.28. The summed E-state index contributed by atoms with van der Waals surface area (Å²) in [5, 5.41) is 3.52. The highest BCUT2D eigenvalue weighted by atomic mass is 16.5. The van der Waals surface area contributed by atoms with Gasteiger partial charge >= 0.3 is 0 Å². The standard InChI is InChI=1S/C14H21N3O/c1-2-11(12-4-3-9-18-12)16-13-7-8-15-14(17-13)10-5-6-10/h7-8,10-12H,2-6,9H2,1H3,(H,15,16,17). The second-order valence-corrected chi connectivity index (χ2v) is 5.28. The molecule has 3 rings (SSSR count). The summed E-state index contributed by atoms with van der Waals surface area (Å²) in [6, 6.07) is 2.33. The first-order chi connectivity index (χ1) is 8.86. The molecule has 1 aromatic heterocycles. The summed E-state index contributed by atoms with van der Waals surface area (Å²) < 4.78 is 5.76. The molecule has 2 fully saturated rings. The molecular weight excluding hydrogens is 226 g/mol. The minimum Gasteiger partial charge on any atom is -0.376 e. The van der Waals surface area contributed by atoms with Crippen LogP contribution >= 0.6 is 0 Å². The number of ether oxygens (including phenoxy) is 1. The van der Waals surface area contributed by atoms with E-state index in [-0.39, 0.29) is 0 Å². The first kappa shape index (κ1) is 11.9. The summed E-state index contributed by atoms with van der Waals surface area (Å²) in [5.41, 5.74) is 0. The molecule has 0 amide bonds. The Labute approximate surface area is 108 Å². The molecule has 2 heterocycles. The van der Waals surface area contributed by atoms with Gasteiger partial charge in [-0.2, -0.15) is 0 Å². The Hall–Kier alpha value is -1.16. The molecule has 1 aliphatic carbocycles. The third-order valence-corrected chi connectivity index (χ3v) is 3.80. The lowest BCUT2D eigenvalue weighted by molar-refractivity contribution is 0.0942. The Morgan fingerprint density at radius 1 is 1.44 bits per heavy atom. The van der Waals surface area contributed by atoms with E-state index in [2.05, 4.69) is 22.2 Å². The zero-order chi connectivity index (χ0) is 12.4. The van der Waals surface area contributed by atoms with Crippen LogP contribution in [0.1, 0.15) is 50.8 Å². The quantitative estimate of drug-likeness (QED) is 0.869. The molecule has 0 aromatic carbocycles. The fourth-order valence-electron chi connectivity index (χ4n) is 2.56. The van der Waals surface area contributed by atoms with Gasteiger partial charge in [0.15, 0.2) is 0 Å². The second kappa shape index (κ2) is 5.22. The minimum absolute atomic E-state index is 0.342. The van der Waals surface area contributed by atoms with Crippen molar-refractivity contribution >= 4 is 5.82 Å². The van der Waals surface area contributed by atoms with Gasteiger partial charge < -0.3 is 10.1 Å². The number of anilines is 1. The number of rotatable bonds is 5. The van der Waals surface area contributed by atoms with E-state index < -0.39 is 0 Å². The van der Waals surface area contributed by atoms with E-state index in [1.807, 2.05) is 12.3 Å². The first-order valence-corrected chi connectivity index (χ1v) is 7.08. The molecular formula is C14H21N3O. The molecule has 0 spiro atoms. The summed E-state index contributed by atoms with van der Waals surface area (Å²) in [6.07, 6.45) is 8.10. The number of hydrogen-bond acceptors (Lipinski definition) is 4. The SMILES string of the molecule is CCC(Nc1ccnc(C2CC2)n1)C1CCCO1. The van der Waals surface area contributed by atoms with E-state index in [0.717, 1.165) is 31.1 Å². The van der Waals surface area contributed by atoms with Crippen LogP contribution in [0.25, 0.3) is 0 Å². The summed E-state index contributed by atoms with van der Waals surface area (Å²) in [6.45, 7) is 3.10. The Morgan fingerprint density at radius 2 is 2.33 bits per heavy atom. The van der Waals surface area contributed by atoms with E-state index in [1.54, 1.807) is 0 Å². The maximum Gasteiger partial charge on any atom is 0.133 e. The summed E-state index contributed by atoms with van der Waals surface area (Å²) in [4.78, 5) is 8.97. The Kier molecular flexibility index (Phi) is 3.46. The van der Waals surface area contributed by atoms with Crippen molar-refractivity contribution in [3.05, 3.63) is 18.1 Å². The van der Waals surface area contributed by atoms with Crippen LogP contribution in [-0.2, 0) is 4.74 Å². The lowest BCUT2D eigenvalue weighted by Gasteiger charge is -2.23. The lowest BCUT2D eigenvalue weighted by Crippen LogP contribution is -2.32. The molecule has 1 aliphatic heterocycles. The molecule has 1 saturated carbocycles. The highest BCUT2D eigenvalue weighted by molar-refractivity contribution is 5.35. The van der Waals surface area contributed by atoms with Crippen LogP contribution in [0, 0.1) is 0 Å². The molecule has 98 valence electrons. The van der Waals surface area contributed by atoms with Crippen molar-refractivity contribution in [1.82, 2.24) is 9.97 Å². The molecule has 2 atom stereocenters. The first-order valence-electron chi connectivity index (χ1n) is 7.08. The fourth-order valence-corrected chi connectivity index (χ4v) is 2.56. The van der Waals surface area contributed by atoms with Gasteiger partial charge in [-0.15, -0.1) is 0 Å². The maximum absolute atomic E-state index is 5.76. The summed E-state index contributed by atoms with van der Waals surface area (Å²) in [5.74, 6) is 2.56. The highest BCUT2D eigenvalue weighted by Crippen LogP contribution is 2.38. The molecule has 4 nitrogen and oxygen atoms in total. The Balaban J connectivity index is 1.67. The van der Waals surface area contributed by atoms with Gasteiger partial charge in [0.05, 0.1) is 12.1 Å². The number of nitrogens with one attached hydrogen (secondary N) is 1. The zero-order valence-electron chi connectivity index (χ0n) is 10.9. The minimum atomic E-state index is 0.342. The van der Waals surface area contributed by atoms with Crippen molar-refractivity contribution in [3.8, 4) is 0 Å². The van der Waals surface area contributed by atoms with Crippen molar-refractivity contribution in [3.63, 3.8) is 0 Å². The average Bonchev–Trinajstić information content (AvgIpc) is 3.12. The molecule has 1 N–H and O–H groups in total. The maximum atomic E-state index is 5.76. The Morgan fingerprint density at radius 3 is 3.00 bits per heavy atom. The summed E-state index contributed by atoms with van der Waals surface area (Å²) >= 11 is 0. The smallest absolute Gasteiger partial charge is 0.133 e. The molecule has 1 saturated heterocycles. The van der Waals surface area contributed by atoms with E-state index >= 15 is 0 Å². The molecule has 0 bridgehead atoms. The van der Waals surface area contributed by atoms with Gasteiger partial charge in [-0.3, -0.25) is 0 Å². The third-order valence-electron chi connectivity index (χ3n) is 3.80. The van der Waals surface area contributed by atoms with E-state index in [0.29, 0.717) is 18.1 Å². The van der Waals surface area contributed by atoms with Crippen LogP contribution in [0.4, 0.5) is 5.82 Å². The number of aromatic nitrogens is 2. The number of hydrogen-bond donors (Lipinski definition) is 1. The lowest BCUT2D eigenvalue weighted by atomic mass is 10.1. The predicted octanol–water partition coefficient (Wildman–Crippen LogP) is 2.72. The van der Waals surface area contributed by atoms with Crippen molar-refractivity contribution < 1.29 is 4.74 Å². The van der Waals surface area contributed by atoms with Crippen molar-refractivity contribution in [2.75, 3.05) is 11.9 Å².